The summed E-state index contributed by atoms with van der Waals surface area (Å²) in [6.07, 6.45) is 1.43. The second-order valence-corrected chi connectivity index (χ2v) is 8.59. The summed E-state index contributed by atoms with van der Waals surface area (Å²) in [4.78, 5) is 33.8. The van der Waals surface area contributed by atoms with Crippen LogP contribution in [0, 0.1) is 0 Å². The molecule has 0 aliphatic carbocycles. The van der Waals surface area contributed by atoms with Gasteiger partial charge in [-0.2, -0.15) is 4.98 Å². The third-order valence-corrected chi connectivity index (χ3v) is 6.71. The van der Waals surface area contributed by atoms with Crippen molar-refractivity contribution < 1.29 is 19.4 Å². The number of hydrogen-bond acceptors (Lipinski definition) is 7. The lowest BCUT2D eigenvalue weighted by Gasteiger charge is -2.35. The highest BCUT2D eigenvalue weighted by molar-refractivity contribution is 7.99. The number of carbonyl (C=O) groups excluding carboxylic acids is 1. The van der Waals surface area contributed by atoms with Crippen LogP contribution in [0.15, 0.2) is 22.1 Å². The van der Waals surface area contributed by atoms with Crippen LogP contribution in [0.5, 0.6) is 17.4 Å². The van der Waals surface area contributed by atoms with E-state index in [0.29, 0.717) is 24.5 Å². The Morgan fingerprint density at radius 3 is 2.65 bits per heavy atom. The standard InChI is InChI=1S/C22H29N3O5S/c1-6-12(2)19-20(27)23-22(24-21(19)28)31-11-18(26)25-8-7-14-9-16(29-4)17(30-5)10-15(14)13(25)3/h9-10,12-13H,6-8,11H2,1-5H3,(H2,23,24,27,28)/t12-,13+/m1/s1. The number of nitrogens with one attached hydrogen (secondary N) is 1. The van der Waals surface area contributed by atoms with E-state index in [1.165, 1.54) is 0 Å². The van der Waals surface area contributed by atoms with Gasteiger partial charge in [0.2, 0.25) is 11.8 Å². The topological polar surface area (TPSA) is 105 Å². The van der Waals surface area contributed by atoms with Crippen LogP contribution < -0.4 is 15.0 Å². The summed E-state index contributed by atoms with van der Waals surface area (Å²) in [5.74, 6) is 0.995. The third-order valence-electron chi connectivity index (χ3n) is 5.86. The van der Waals surface area contributed by atoms with E-state index in [4.69, 9.17) is 9.47 Å². The number of aromatic nitrogens is 2. The molecule has 2 aromatic rings. The number of thioether (sulfide) groups is 1. The van der Waals surface area contributed by atoms with Crippen molar-refractivity contribution in [2.24, 2.45) is 0 Å². The molecule has 2 heterocycles. The Morgan fingerprint density at radius 1 is 1.35 bits per heavy atom. The van der Waals surface area contributed by atoms with Gasteiger partial charge in [-0.3, -0.25) is 9.59 Å². The van der Waals surface area contributed by atoms with Crippen molar-refractivity contribution in [3.8, 4) is 17.4 Å². The molecule has 1 aliphatic heterocycles. The van der Waals surface area contributed by atoms with Crippen molar-refractivity contribution in [1.82, 2.24) is 14.9 Å². The quantitative estimate of drug-likeness (QED) is 0.496. The predicted octanol–water partition coefficient (Wildman–Crippen LogP) is 3.24. The van der Waals surface area contributed by atoms with Crippen LogP contribution in [-0.2, 0) is 11.2 Å². The molecule has 0 unspecified atom stereocenters. The smallest absolute Gasteiger partial charge is 0.258 e. The van der Waals surface area contributed by atoms with Crippen molar-refractivity contribution in [1.29, 1.82) is 0 Å². The number of hydrogen-bond donors (Lipinski definition) is 2. The first kappa shape index (κ1) is 23.0. The van der Waals surface area contributed by atoms with E-state index in [-0.39, 0.29) is 45.8 Å². The van der Waals surface area contributed by atoms with E-state index in [9.17, 15) is 14.7 Å². The maximum atomic E-state index is 12.9. The molecule has 0 bridgehead atoms. The van der Waals surface area contributed by atoms with E-state index < -0.39 is 0 Å². The zero-order valence-electron chi connectivity index (χ0n) is 18.5. The Morgan fingerprint density at radius 2 is 2.03 bits per heavy atom. The minimum atomic E-state index is -0.363. The van der Waals surface area contributed by atoms with Crippen LogP contribution in [0.2, 0.25) is 0 Å². The highest BCUT2D eigenvalue weighted by atomic mass is 32.2. The lowest BCUT2D eigenvalue weighted by molar-refractivity contribution is -0.130. The van der Waals surface area contributed by atoms with E-state index in [1.807, 2.05) is 37.8 Å². The monoisotopic (exact) mass is 447 g/mol. The Labute approximate surface area is 186 Å². The first-order valence-electron chi connectivity index (χ1n) is 10.3. The second-order valence-electron chi connectivity index (χ2n) is 7.63. The fourth-order valence-corrected chi connectivity index (χ4v) is 4.61. The maximum Gasteiger partial charge on any atom is 0.258 e. The molecular formula is C22H29N3O5S. The van der Waals surface area contributed by atoms with Gasteiger partial charge in [0.1, 0.15) is 0 Å². The molecule has 0 saturated heterocycles. The van der Waals surface area contributed by atoms with Gasteiger partial charge in [-0.15, -0.1) is 0 Å². The molecule has 31 heavy (non-hydrogen) atoms. The molecule has 0 spiro atoms. The summed E-state index contributed by atoms with van der Waals surface area (Å²) in [6, 6.07) is 3.78. The molecule has 2 atom stereocenters. The van der Waals surface area contributed by atoms with Gasteiger partial charge in [0.15, 0.2) is 16.7 Å². The molecule has 3 rings (SSSR count). The highest BCUT2D eigenvalue weighted by Gasteiger charge is 2.29. The molecule has 0 saturated carbocycles. The maximum absolute atomic E-state index is 12.9. The van der Waals surface area contributed by atoms with Crippen LogP contribution >= 0.6 is 11.8 Å². The summed E-state index contributed by atoms with van der Waals surface area (Å²) in [7, 11) is 3.20. The van der Waals surface area contributed by atoms with E-state index in [1.54, 1.807) is 14.2 Å². The molecule has 1 amide bonds. The SMILES string of the molecule is CC[C@@H](C)c1c(O)nc(SCC(=O)N2CCc3cc(OC)c(OC)cc3[C@@H]2C)[nH]c1=O. The molecule has 1 aromatic carbocycles. The number of nitrogens with zero attached hydrogens (tertiary/aromatic N) is 2. The molecule has 2 N–H and O–H groups in total. The van der Waals surface area contributed by atoms with Crippen molar-refractivity contribution in [3.05, 3.63) is 39.2 Å². The third kappa shape index (κ3) is 4.66. The predicted molar refractivity (Wildman–Crippen MR) is 119 cm³/mol. The number of rotatable bonds is 7. The van der Waals surface area contributed by atoms with Crippen LogP contribution in [0.3, 0.4) is 0 Å². The zero-order valence-corrected chi connectivity index (χ0v) is 19.3. The number of amides is 1. The van der Waals surface area contributed by atoms with Gasteiger partial charge >= 0.3 is 0 Å². The Bertz CT molecular complexity index is 1020. The fourth-order valence-electron chi connectivity index (χ4n) is 3.87. The second kappa shape index (κ2) is 9.64. The summed E-state index contributed by atoms with van der Waals surface area (Å²) < 4.78 is 10.8. The Kier molecular flexibility index (Phi) is 7.15. The van der Waals surface area contributed by atoms with Crippen LogP contribution in [-0.4, -0.2) is 52.4 Å². The van der Waals surface area contributed by atoms with E-state index >= 15 is 0 Å². The number of methoxy groups -OCH3 is 2. The molecular weight excluding hydrogens is 418 g/mol. The fraction of sp³-hybridized carbons (Fsp3) is 0.500. The first-order chi connectivity index (χ1) is 14.8. The summed E-state index contributed by atoms with van der Waals surface area (Å²) in [5.41, 5.74) is 2.09. The van der Waals surface area contributed by atoms with Crippen LogP contribution in [0.4, 0.5) is 0 Å². The summed E-state index contributed by atoms with van der Waals surface area (Å²) in [5, 5.41) is 10.4. The number of aromatic hydroxyl groups is 1. The minimum Gasteiger partial charge on any atom is -0.493 e. The minimum absolute atomic E-state index is 0.0638. The number of aromatic amines is 1. The van der Waals surface area contributed by atoms with Crippen molar-refractivity contribution in [2.45, 2.75) is 50.7 Å². The number of fused-ring (bicyclic) bond motifs is 1. The lowest BCUT2D eigenvalue weighted by atomic mass is 9.93. The Hall–Kier alpha value is -2.68. The normalized spacial score (nSPS) is 16.5. The van der Waals surface area contributed by atoms with Crippen molar-refractivity contribution in [3.63, 3.8) is 0 Å². The molecule has 0 fully saturated rings. The molecule has 168 valence electrons. The highest BCUT2D eigenvalue weighted by Crippen LogP contribution is 2.38. The summed E-state index contributed by atoms with van der Waals surface area (Å²) >= 11 is 1.11. The van der Waals surface area contributed by atoms with Crippen molar-refractivity contribution in [2.75, 3.05) is 26.5 Å². The number of ether oxygens (including phenoxy) is 2. The number of H-pyrrole nitrogens is 1. The summed E-state index contributed by atoms with van der Waals surface area (Å²) in [6.45, 7) is 6.38. The van der Waals surface area contributed by atoms with Gasteiger partial charge in [-0.05, 0) is 48.9 Å². The molecule has 1 aromatic heterocycles. The zero-order chi connectivity index (χ0) is 22.7. The van der Waals surface area contributed by atoms with Gasteiger partial charge < -0.3 is 24.5 Å². The Balaban J connectivity index is 1.73. The number of benzene rings is 1. The molecule has 9 heteroatoms. The largest absolute Gasteiger partial charge is 0.493 e. The van der Waals surface area contributed by atoms with Gasteiger partial charge in [0.05, 0.1) is 31.6 Å². The van der Waals surface area contributed by atoms with Gasteiger partial charge in [0, 0.05) is 6.54 Å². The average molecular weight is 448 g/mol. The average Bonchev–Trinajstić information content (AvgIpc) is 2.76. The molecule has 1 aliphatic rings. The van der Waals surface area contributed by atoms with Crippen molar-refractivity contribution >= 4 is 17.7 Å². The van der Waals surface area contributed by atoms with Gasteiger partial charge in [0.25, 0.3) is 5.56 Å². The van der Waals surface area contributed by atoms with Gasteiger partial charge in [-0.25, -0.2) is 0 Å². The van der Waals surface area contributed by atoms with E-state index in [0.717, 1.165) is 29.3 Å². The van der Waals surface area contributed by atoms with Gasteiger partial charge in [-0.1, -0.05) is 25.6 Å². The van der Waals surface area contributed by atoms with Crippen LogP contribution in [0.25, 0.3) is 0 Å². The van der Waals surface area contributed by atoms with E-state index in [2.05, 4.69) is 9.97 Å². The van der Waals surface area contributed by atoms with Crippen LogP contribution in [0.1, 0.15) is 55.8 Å². The first-order valence-corrected chi connectivity index (χ1v) is 11.3. The number of carbonyl (C=O) groups is 1. The molecule has 0 radical (unpaired) electrons. The lowest BCUT2D eigenvalue weighted by Crippen LogP contribution is -2.40. The molecule has 8 nitrogen and oxygen atoms in total.